The van der Waals surface area contributed by atoms with Gasteiger partial charge in [0.15, 0.2) is 0 Å². The molecule has 0 saturated carbocycles. The number of carbonyl (C=O) groups excluding carboxylic acids is 1. The van der Waals surface area contributed by atoms with Crippen LogP contribution in [0.3, 0.4) is 0 Å². The van der Waals surface area contributed by atoms with Crippen LogP contribution in [0.2, 0.25) is 0 Å². The van der Waals surface area contributed by atoms with E-state index in [0.717, 1.165) is 5.56 Å². The first-order valence-electron chi connectivity index (χ1n) is 9.45. The van der Waals surface area contributed by atoms with Crippen molar-refractivity contribution in [3.63, 3.8) is 0 Å². The van der Waals surface area contributed by atoms with Crippen LogP contribution in [0.4, 0.5) is 16.2 Å². The maximum Gasteiger partial charge on any atom is 0.323 e. The summed E-state index contributed by atoms with van der Waals surface area (Å²) in [6.45, 7) is -0.254. The van der Waals surface area contributed by atoms with Crippen LogP contribution in [0.15, 0.2) is 48.5 Å². The third kappa shape index (κ3) is 4.18. The number of benzene rings is 2. The zero-order valence-electron chi connectivity index (χ0n) is 15.6. The van der Waals surface area contributed by atoms with Crippen LogP contribution in [0, 0.1) is 0 Å². The molecule has 1 fully saturated rings. The fourth-order valence-electron chi connectivity index (χ4n) is 3.98. The molecule has 2 amide bonds. The molecule has 0 unspecified atom stereocenters. The molecule has 0 aromatic heterocycles. The number of fused-ring (bicyclic) bond motifs is 3. The van der Waals surface area contributed by atoms with Crippen molar-refractivity contribution in [2.24, 2.45) is 0 Å². The number of ether oxygens (including phenoxy) is 2. The molecule has 8 nitrogen and oxygen atoms in total. The molecule has 0 aliphatic carbocycles. The highest BCUT2D eigenvalue weighted by Gasteiger charge is 2.46. The molecule has 4 rings (SSSR count). The summed E-state index contributed by atoms with van der Waals surface area (Å²) in [5, 5.41) is 24.3. The van der Waals surface area contributed by atoms with Crippen molar-refractivity contribution in [1.82, 2.24) is 0 Å². The van der Waals surface area contributed by atoms with Gasteiger partial charge in [-0.3, -0.25) is 4.79 Å². The molecule has 2 aliphatic rings. The number of carboxylic acids is 1. The van der Waals surface area contributed by atoms with Crippen LogP contribution < -0.4 is 15.4 Å². The van der Waals surface area contributed by atoms with Gasteiger partial charge < -0.3 is 30.3 Å². The first-order chi connectivity index (χ1) is 14.0. The summed E-state index contributed by atoms with van der Waals surface area (Å²) in [5.41, 5.74) is 2.16. The van der Waals surface area contributed by atoms with E-state index in [2.05, 4.69) is 10.6 Å². The van der Waals surface area contributed by atoms with Crippen LogP contribution >= 0.6 is 0 Å². The molecule has 1 saturated heterocycles. The van der Waals surface area contributed by atoms with Crippen molar-refractivity contribution in [2.45, 2.75) is 37.1 Å². The lowest BCUT2D eigenvalue weighted by Gasteiger charge is -2.36. The number of nitrogens with one attached hydrogen (secondary N) is 2. The van der Waals surface area contributed by atoms with Crippen LogP contribution in [0.1, 0.15) is 24.3 Å². The quantitative estimate of drug-likeness (QED) is 0.615. The minimum atomic E-state index is -0.947. The summed E-state index contributed by atoms with van der Waals surface area (Å²) < 4.78 is 11.7. The van der Waals surface area contributed by atoms with Crippen molar-refractivity contribution in [3.05, 3.63) is 54.1 Å². The van der Waals surface area contributed by atoms with Gasteiger partial charge in [0.1, 0.15) is 18.0 Å². The Morgan fingerprint density at radius 1 is 1.07 bits per heavy atom. The van der Waals surface area contributed by atoms with Gasteiger partial charge in [0, 0.05) is 22.9 Å². The topological polar surface area (TPSA) is 117 Å². The molecule has 0 radical (unpaired) electrons. The number of aliphatic carboxylic acids is 1. The Balaban J connectivity index is 1.50. The monoisotopic (exact) mass is 398 g/mol. The molecule has 8 heteroatoms. The molecule has 4 N–H and O–H groups in total. The van der Waals surface area contributed by atoms with E-state index in [-0.39, 0.29) is 31.1 Å². The fourth-order valence-corrected chi connectivity index (χ4v) is 3.98. The van der Waals surface area contributed by atoms with Gasteiger partial charge in [-0.05, 0) is 36.8 Å². The van der Waals surface area contributed by atoms with E-state index in [9.17, 15) is 14.7 Å². The highest BCUT2D eigenvalue weighted by Crippen LogP contribution is 2.47. The predicted molar refractivity (Wildman–Crippen MR) is 105 cm³/mol. The van der Waals surface area contributed by atoms with Crippen molar-refractivity contribution in [3.8, 4) is 5.75 Å². The predicted octanol–water partition coefficient (Wildman–Crippen LogP) is 2.80. The fraction of sp³-hybridized carbons (Fsp3) is 0.333. The SMILES string of the molecule is O=C(O)C[C@@H]1C[C@@H]2c3cc(NC(=O)Nc4ccccc4)ccc3O[C@@H]2[C@H](CO)O1. The minimum absolute atomic E-state index is 0.112. The van der Waals surface area contributed by atoms with E-state index in [4.69, 9.17) is 14.6 Å². The Morgan fingerprint density at radius 2 is 1.83 bits per heavy atom. The summed E-state index contributed by atoms with van der Waals surface area (Å²) in [5.74, 6) is -0.400. The number of rotatable bonds is 5. The molecule has 2 aromatic rings. The second-order valence-electron chi connectivity index (χ2n) is 7.20. The van der Waals surface area contributed by atoms with Gasteiger partial charge in [-0.25, -0.2) is 4.79 Å². The summed E-state index contributed by atoms with van der Waals surface area (Å²) in [4.78, 5) is 23.4. The number of aliphatic hydroxyl groups excluding tert-OH is 1. The van der Waals surface area contributed by atoms with Crippen LogP contribution in [0.5, 0.6) is 5.75 Å². The smallest absolute Gasteiger partial charge is 0.323 e. The first-order valence-corrected chi connectivity index (χ1v) is 9.45. The largest absolute Gasteiger partial charge is 0.487 e. The molecule has 2 heterocycles. The van der Waals surface area contributed by atoms with E-state index in [1.54, 1.807) is 24.3 Å². The van der Waals surface area contributed by atoms with E-state index in [1.165, 1.54) is 0 Å². The van der Waals surface area contributed by atoms with Crippen LogP contribution in [-0.2, 0) is 9.53 Å². The molecule has 0 spiro atoms. The number of amides is 2. The van der Waals surface area contributed by atoms with Gasteiger partial charge in [-0.1, -0.05) is 18.2 Å². The highest BCUT2D eigenvalue weighted by molar-refractivity contribution is 5.99. The molecule has 152 valence electrons. The minimum Gasteiger partial charge on any atom is -0.487 e. The zero-order valence-corrected chi connectivity index (χ0v) is 15.6. The summed E-state index contributed by atoms with van der Waals surface area (Å²) in [6, 6.07) is 14.1. The Bertz CT molecular complexity index is 903. The maximum absolute atomic E-state index is 12.3. The standard InChI is InChI=1S/C21H22N2O6/c24-11-18-20-16(9-14(28-18)10-19(25)26)15-8-13(6-7-17(15)29-20)23-21(27)22-12-4-2-1-3-5-12/h1-8,14,16,18,20,24H,9-11H2,(H,25,26)(H2,22,23,27)/t14-,16+,18-,20-/m0/s1. The molecular weight excluding hydrogens is 376 g/mol. The van der Waals surface area contributed by atoms with E-state index < -0.39 is 18.2 Å². The average Bonchev–Trinajstić information content (AvgIpc) is 3.05. The lowest BCUT2D eigenvalue weighted by Crippen LogP contribution is -2.46. The third-order valence-corrected chi connectivity index (χ3v) is 5.19. The van der Waals surface area contributed by atoms with Crippen LogP contribution in [-0.4, -0.2) is 47.1 Å². The Labute approximate surface area is 167 Å². The number of urea groups is 1. The Hall–Kier alpha value is -3.10. The van der Waals surface area contributed by atoms with E-state index in [0.29, 0.717) is 23.5 Å². The van der Waals surface area contributed by atoms with Crippen LogP contribution in [0.25, 0.3) is 0 Å². The summed E-state index contributed by atoms with van der Waals surface area (Å²) >= 11 is 0. The molecule has 4 atom stereocenters. The third-order valence-electron chi connectivity index (χ3n) is 5.19. The zero-order chi connectivity index (χ0) is 20.4. The van der Waals surface area contributed by atoms with Gasteiger partial charge in [-0.2, -0.15) is 0 Å². The number of carboxylic acid groups (broad SMARTS) is 1. The number of aliphatic hydroxyl groups is 1. The number of para-hydroxylation sites is 1. The second kappa shape index (κ2) is 8.10. The molecule has 2 aromatic carbocycles. The van der Waals surface area contributed by atoms with E-state index in [1.807, 2.05) is 24.3 Å². The van der Waals surface area contributed by atoms with Gasteiger partial charge in [-0.15, -0.1) is 0 Å². The Kier molecular flexibility index (Phi) is 5.37. The summed E-state index contributed by atoms with van der Waals surface area (Å²) in [6.07, 6.45) is -1.14. The molecular formula is C21H22N2O6. The number of anilines is 2. The number of hydrogen-bond acceptors (Lipinski definition) is 5. The molecule has 0 bridgehead atoms. The maximum atomic E-state index is 12.3. The van der Waals surface area contributed by atoms with Crippen molar-refractivity contribution in [2.75, 3.05) is 17.2 Å². The average molecular weight is 398 g/mol. The first kappa shape index (κ1) is 19.2. The lowest BCUT2D eigenvalue weighted by atomic mass is 9.84. The van der Waals surface area contributed by atoms with Gasteiger partial charge >= 0.3 is 12.0 Å². The Morgan fingerprint density at radius 3 is 2.55 bits per heavy atom. The van der Waals surface area contributed by atoms with Crippen molar-refractivity contribution >= 4 is 23.4 Å². The lowest BCUT2D eigenvalue weighted by molar-refractivity contribution is -0.153. The second-order valence-corrected chi connectivity index (χ2v) is 7.20. The number of hydrogen-bond donors (Lipinski definition) is 4. The van der Waals surface area contributed by atoms with Gasteiger partial charge in [0.2, 0.25) is 0 Å². The summed E-state index contributed by atoms with van der Waals surface area (Å²) in [7, 11) is 0. The normalized spacial score (nSPS) is 24.7. The molecule has 29 heavy (non-hydrogen) atoms. The number of carbonyl (C=O) groups is 2. The van der Waals surface area contributed by atoms with Gasteiger partial charge in [0.25, 0.3) is 0 Å². The van der Waals surface area contributed by atoms with Crippen molar-refractivity contribution in [1.29, 1.82) is 0 Å². The van der Waals surface area contributed by atoms with Crippen molar-refractivity contribution < 1.29 is 29.3 Å². The molecule has 2 aliphatic heterocycles. The van der Waals surface area contributed by atoms with Gasteiger partial charge in [0.05, 0.1) is 19.1 Å². The highest BCUT2D eigenvalue weighted by atomic mass is 16.6. The van der Waals surface area contributed by atoms with E-state index >= 15 is 0 Å².